The molecule has 2 rings (SSSR count). The molecule has 2 N–H and O–H groups in total. The van der Waals surface area contributed by atoms with Crippen molar-refractivity contribution in [2.45, 2.75) is 18.7 Å². The Balaban J connectivity index is 2.23. The molecule has 0 bridgehead atoms. The van der Waals surface area contributed by atoms with Crippen molar-refractivity contribution in [3.8, 4) is 0 Å². The van der Waals surface area contributed by atoms with E-state index in [9.17, 15) is 27.9 Å². The Morgan fingerprint density at radius 1 is 1.04 bits per heavy atom. The third-order valence-corrected chi connectivity index (χ3v) is 4.17. The molecule has 1 unspecified atom stereocenters. The van der Waals surface area contributed by atoms with Crippen molar-refractivity contribution in [3.05, 3.63) is 64.1 Å². The third kappa shape index (κ3) is 4.08. The van der Waals surface area contributed by atoms with E-state index in [0.717, 1.165) is 0 Å². The average Bonchev–Trinajstić information content (AvgIpc) is 2.55. The number of aliphatic hydroxyl groups is 1. The highest BCUT2D eigenvalue weighted by Crippen LogP contribution is 2.32. The van der Waals surface area contributed by atoms with E-state index >= 15 is 0 Å². The standard InChI is InChI=1S/C17H13BrF3NO3/c1-16(25,17(19,20)21)15(24)22-13-8-7-11(9-12(13)18)14(23)10-5-3-2-4-6-10/h2-9,25H,1H3,(H,22,24). The molecule has 0 spiro atoms. The summed E-state index contributed by atoms with van der Waals surface area (Å²) in [5, 5.41) is 11.4. The lowest BCUT2D eigenvalue weighted by Crippen LogP contribution is -2.52. The van der Waals surface area contributed by atoms with Crippen molar-refractivity contribution < 1.29 is 27.9 Å². The van der Waals surface area contributed by atoms with E-state index in [-0.39, 0.29) is 15.9 Å². The number of amides is 1. The number of rotatable bonds is 4. The summed E-state index contributed by atoms with van der Waals surface area (Å²) >= 11 is 3.10. The highest BCUT2D eigenvalue weighted by Gasteiger charge is 2.55. The van der Waals surface area contributed by atoms with Crippen LogP contribution in [0.15, 0.2) is 53.0 Å². The number of benzene rings is 2. The van der Waals surface area contributed by atoms with E-state index in [2.05, 4.69) is 15.9 Å². The van der Waals surface area contributed by atoms with Crippen LogP contribution < -0.4 is 5.32 Å². The van der Waals surface area contributed by atoms with Gasteiger partial charge in [0.05, 0.1) is 5.69 Å². The summed E-state index contributed by atoms with van der Waals surface area (Å²) in [7, 11) is 0. The molecule has 0 saturated heterocycles. The predicted molar refractivity (Wildman–Crippen MR) is 89.3 cm³/mol. The van der Waals surface area contributed by atoms with Gasteiger partial charge >= 0.3 is 6.18 Å². The van der Waals surface area contributed by atoms with Gasteiger partial charge in [0.25, 0.3) is 5.91 Å². The van der Waals surface area contributed by atoms with Gasteiger partial charge in [0.15, 0.2) is 5.78 Å². The molecule has 2 aromatic carbocycles. The van der Waals surface area contributed by atoms with Crippen molar-refractivity contribution in [3.63, 3.8) is 0 Å². The van der Waals surface area contributed by atoms with Crippen LogP contribution in [0, 0.1) is 0 Å². The van der Waals surface area contributed by atoms with E-state index in [1.807, 2.05) is 5.32 Å². The van der Waals surface area contributed by atoms with Crippen LogP contribution in [-0.2, 0) is 4.79 Å². The molecular formula is C17H13BrF3NO3. The number of anilines is 1. The Kier molecular flexibility index (Phi) is 5.34. The maximum Gasteiger partial charge on any atom is 0.426 e. The van der Waals surface area contributed by atoms with Crippen LogP contribution in [0.1, 0.15) is 22.8 Å². The zero-order valence-electron chi connectivity index (χ0n) is 12.9. The van der Waals surface area contributed by atoms with E-state index < -0.39 is 17.7 Å². The number of ketones is 1. The van der Waals surface area contributed by atoms with Crippen LogP contribution in [0.3, 0.4) is 0 Å². The smallest absolute Gasteiger partial charge is 0.373 e. The zero-order valence-corrected chi connectivity index (χ0v) is 14.5. The first-order chi connectivity index (χ1) is 11.5. The van der Waals surface area contributed by atoms with Gasteiger partial charge in [0.1, 0.15) is 0 Å². The number of hydrogen-bond acceptors (Lipinski definition) is 3. The van der Waals surface area contributed by atoms with Gasteiger partial charge in [-0.1, -0.05) is 30.3 Å². The van der Waals surface area contributed by atoms with E-state index in [1.54, 1.807) is 30.3 Å². The molecule has 0 aliphatic rings. The lowest BCUT2D eigenvalue weighted by atomic mass is 10.0. The zero-order chi connectivity index (χ0) is 18.8. The van der Waals surface area contributed by atoms with E-state index in [1.165, 1.54) is 18.2 Å². The van der Waals surface area contributed by atoms with Gasteiger partial charge in [0.2, 0.25) is 5.60 Å². The fourth-order valence-electron chi connectivity index (χ4n) is 1.89. The van der Waals surface area contributed by atoms with Crippen LogP contribution in [0.25, 0.3) is 0 Å². The molecule has 0 heterocycles. The van der Waals surface area contributed by atoms with E-state index in [0.29, 0.717) is 18.1 Å². The maximum absolute atomic E-state index is 12.7. The number of alkyl halides is 3. The van der Waals surface area contributed by atoms with Gasteiger partial charge < -0.3 is 10.4 Å². The lowest BCUT2D eigenvalue weighted by Gasteiger charge is -2.25. The Bertz CT molecular complexity index is 805. The normalized spacial score (nSPS) is 13.8. The van der Waals surface area contributed by atoms with Crippen molar-refractivity contribution >= 4 is 33.3 Å². The molecule has 132 valence electrons. The second-order valence-corrected chi connectivity index (χ2v) is 6.27. The van der Waals surface area contributed by atoms with Crippen LogP contribution in [0.2, 0.25) is 0 Å². The first-order valence-corrected chi connectivity index (χ1v) is 7.83. The monoisotopic (exact) mass is 415 g/mol. The highest BCUT2D eigenvalue weighted by molar-refractivity contribution is 9.10. The Morgan fingerprint density at radius 3 is 2.16 bits per heavy atom. The van der Waals surface area contributed by atoms with Gasteiger partial charge in [0, 0.05) is 15.6 Å². The molecule has 0 fully saturated rings. The molecule has 0 radical (unpaired) electrons. The summed E-state index contributed by atoms with van der Waals surface area (Å²) in [4.78, 5) is 24.0. The fraction of sp³-hybridized carbons (Fsp3) is 0.176. The fourth-order valence-corrected chi connectivity index (χ4v) is 2.36. The second kappa shape index (κ2) is 6.97. The topological polar surface area (TPSA) is 66.4 Å². The maximum atomic E-state index is 12.7. The summed E-state index contributed by atoms with van der Waals surface area (Å²) in [6, 6.07) is 12.5. The Labute approximate surface area is 149 Å². The summed E-state index contributed by atoms with van der Waals surface area (Å²) in [5.74, 6) is -1.90. The van der Waals surface area contributed by atoms with Gasteiger partial charge in [-0.25, -0.2) is 0 Å². The first kappa shape index (κ1) is 19.1. The molecule has 0 aliphatic heterocycles. The molecule has 0 aromatic heterocycles. The van der Waals surface area contributed by atoms with Crippen LogP contribution in [-0.4, -0.2) is 28.6 Å². The predicted octanol–water partition coefficient (Wildman–Crippen LogP) is 3.93. The minimum atomic E-state index is -5.12. The molecule has 1 atom stereocenters. The van der Waals surface area contributed by atoms with Crippen molar-refractivity contribution in [2.24, 2.45) is 0 Å². The van der Waals surface area contributed by atoms with Crippen LogP contribution >= 0.6 is 15.9 Å². The lowest BCUT2D eigenvalue weighted by molar-refractivity contribution is -0.242. The molecular weight excluding hydrogens is 403 g/mol. The van der Waals surface area contributed by atoms with Gasteiger partial charge in [-0.15, -0.1) is 0 Å². The van der Waals surface area contributed by atoms with E-state index in [4.69, 9.17) is 0 Å². The highest BCUT2D eigenvalue weighted by atomic mass is 79.9. The third-order valence-electron chi connectivity index (χ3n) is 3.51. The van der Waals surface area contributed by atoms with Crippen LogP contribution in [0.4, 0.5) is 18.9 Å². The molecule has 4 nitrogen and oxygen atoms in total. The second-order valence-electron chi connectivity index (χ2n) is 5.41. The van der Waals surface area contributed by atoms with Crippen molar-refractivity contribution in [1.29, 1.82) is 0 Å². The minimum Gasteiger partial charge on any atom is -0.373 e. The molecule has 8 heteroatoms. The number of hydrogen-bond donors (Lipinski definition) is 2. The van der Waals surface area contributed by atoms with Gasteiger partial charge in [-0.2, -0.15) is 13.2 Å². The molecule has 0 aliphatic carbocycles. The summed E-state index contributed by atoms with van der Waals surface area (Å²) < 4.78 is 38.2. The molecule has 1 amide bonds. The van der Waals surface area contributed by atoms with Crippen molar-refractivity contribution in [1.82, 2.24) is 0 Å². The summed E-state index contributed by atoms with van der Waals surface area (Å²) in [5.41, 5.74) is -2.80. The molecule has 0 saturated carbocycles. The minimum absolute atomic E-state index is 0.000799. The number of halogens is 4. The largest absolute Gasteiger partial charge is 0.426 e. The summed E-state index contributed by atoms with van der Waals surface area (Å²) in [6.45, 7) is 0.365. The number of nitrogens with one attached hydrogen (secondary N) is 1. The average molecular weight is 416 g/mol. The Morgan fingerprint density at radius 2 is 1.64 bits per heavy atom. The van der Waals surface area contributed by atoms with Gasteiger partial charge in [-0.05, 0) is 41.1 Å². The molecule has 2 aromatic rings. The first-order valence-electron chi connectivity index (χ1n) is 7.04. The van der Waals surface area contributed by atoms with Gasteiger partial charge in [-0.3, -0.25) is 9.59 Å². The Hall–Kier alpha value is -2.19. The summed E-state index contributed by atoms with van der Waals surface area (Å²) in [6.07, 6.45) is -5.12. The van der Waals surface area contributed by atoms with Crippen LogP contribution in [0.5, 0.6) is 0 Å². The number of carbonyl (C=O) groups excluding carboxylic acids is 2. The molecule has 25 heavy (non-hydrogen) atoms. The number of carbonyl (C=O) groups is 2. The van der Waals surface area contributed by atoms with Crippen molar-refractivity contribution in [2.75, 3.05) is 5.32 Å². The quantitative estimate of drug-likeness (QED) is 0.743. The SMILES string of the molecule is CC(O)(C(=O)Nc1ccc(C(=O)c2ccccc2)cc1Br)C(F)(F)F.